The molecule has 0 aromatic carbocycles. The molecule has 1 fully saturated rings. The van der Waals surface area contributed by atoms with Crippen molar-refractivity contribution in [2.75, 3.05) is 24.7 Å². The average molecular weight is 250 g/mol. The van der Waals surface area contributed by atoms with Crippen molar-refractivity contribution in [2.24, 2.45) is 0 Å². The monoisotopic (exact) mass is 250 g/mol. The molecule has 1 aromatic heterocycles. The molecule has 0 bridgehead atoms. The highest BCUT2D eigenvalue weighted by Gasteiger charge is 2.21. The van der Waals surface area contributed by atoms with Crippen molar-refractivity contribution in [2.45, 2.75) is 44.9 Å². The van der Waals surface area contributed by atoms with Gasteiger partial charge in [0.05, 0.1) is 6.61 Å². The second-order valence-electron chi connectivity index (χ2n) is 4.67. The fraction of sp³-hybridized carbons (Fsp3) is 0.692. The molecule has 18 heavy (non-hydrogen) atoms. The van der Waals surface area contributed by atoms with Gasteiger partial charge in [-0.1, -0.05) is 19.3 Å². The normalized spacial score (nSPS) is 16.6. The lowest BCUT2D eigenvalue weighted by Crippen LogP contribution is -2.13. The molecule has 0 radical (unpaired) electrons. The average Bonchev–Trinajstić information content (AvgIpc) is 2.42. The van der Waals surface area contributed by atoms with Crippen molar-refractivity contribution >= 4 is 11.5 Å². The van der Waals surface area contributed by atoms with Crippen molar-refractivity contribution in [1.82, 2.24) is 9.97 Å². The molecule has 1 aliphatic rings. The first-order valence-corrected chi connectivity index (χ1v) is 6.74. The Hall–Kier alpha value is -1.52. The highest BCUT2D eigenvalue weighted by molar-refractivity contribution is 5.66. The summed E-state index contributed by atoms with van der Waals surface area (Å²) in [6, 6.07) is 0. The van der Waals surface area contributed by atoms with Gasteiger partial charge in [0.25, 0.3) is 0 Å². The molecule has 100 valence electrons. The first-order chi connectivity index (χ1) is 8.76. The summed E-state index contributed by atoms with van der Waals surface area (Å²) in [6.07, 6.45) is 6.18. The van der Waals surface area contributed by atoms with Crippen LogP contribution in [0.2, 0.25) is 0 Å². The van der Waals surface area contributed by atoms with Crippen LogP contribution in [0.15, 0.2) is 0 Å². The lowest BCUT2D eigenvalue weighted by atomic mass is 9.88. The van der Waals surface area contributed by atoms with Crippen molar-refractivity contribution in [1.29, 1.82) is 0 Å². The molecule has 1 heterocycles. The number of rotatable bonds is 4. The number of nitrogens with one attached hydrogen (secondary N) is 1. The minimum Gasteiger partial charge on any atom is -0.476 e. The zero-order valence-corrected chi connectivity index (χ0v) is 11.2. The van der Waals surface area contributed by atoms with Crippen LogP contribution in [-0.2, 0) is 0 Å². The second kappa shape index (κ2) is 5.89. The third-order valence-electron chi connectivity index (χ3n) is 3.42. The van der Waals surface area contributed by atoms with Gasteiger partial charge >= 0.3 is 0 Å². The predicted molar refractivity (Wildman–Crippen MR) is 73.0 cm³/mol. The van der Waals surface area contributed by atoms with E-state index in [-0.39, 0.29) is 0 Å². The van der Waals surface area contributed by atoms with Crippen LogP contribution >= 0.6 is 0 Å². The van der Waals surface area contributed by atoms with Gasteiger partial charge in [0, 0.05) is 13.0 Å². The Labute approximate surface area is 108 Å². The summed E-state index contributed by atoms with van der Waals surface area (Å²) in [4.78, 5) is 9.03. The summed E-state index contributed by atoms with van der Waals surface area (Å²) in [7, 11) is 1.82. The Balaban J connectivity index is 2.31. The highest BCUT2D eigenvalue weighted by atomic mass is 16.5. The largest absolute Gasteiger partial charge is 0.476 e. The van der Waals surface area contributed by atoms with E-state index < -0.39 is 0 Å². The van der Waals surface area contributed by atoms with Crippen LogP contribution in [0.5, 0.6) is 5.88 Å². The van der Waals surface area contributed by atoms with E-state index in [0.29, 0.717) is 29.9 Å². The zero-order valence-electron chi connectivity index (χ0n) is 11.2. The maximum absolute atomic E-state index is 5.97. The maximum atomic E-state index is 5.97. The van der Waals surface area contributed by atoms with Gasteiger partial charge in [-0.25, -0.2) is 4.98 Å². The number of nitrogens with zero attached hydrogens (tertiary/aromatic N) is 2. The van der Waals surface area contributed by atoms with Gasteiger partial charge in [-0.3, -0.25) is 0 Å². The molecule has 2 rings (SSSR count). The molecule has 0 spiro atoms. The van der Waals surface area contributed by atoms with Crippen LogP contribution in [0.4, 0.5) is 11.5 Å². The van der Waals surface area contributed by atoms with E-state index in [9.17, 15) is 0 Å². The molecule has 0 atom stereocenters. The fourth-order valence-corrected chi connectivity index (χ4v) is 2.45. The molecule has 3 N–H and O–H groups in total. The van der Waals surface area contributed by atoms with Crippen molar-refractivity contribution in [3.63, 3.8) is 0 Å². The molecule has 1 aromatic rings. The summed E-state index contributed by atoms with van der Waals surface area (Å²) in [5, 5.41) is 3.02. The summed E-state index contributed by atoms with van der Waals surface area (Å²) >= 11 is 0. The van der Waals surface area contributed by atoms with E-state index in [4.69, 9.17) is 10.5 Å². The Bertz CT molecular complexity index is 402. The van der Waals surface area contributed by atoms with Crippen molar-refractivity contribution < 1.29 is 4.74 Å². The number of hydrogen-bond acceptors (Lipinski definition) is 5. The number of anilines is 2. The summed E-state index contributed by atoms with van der Waals surface area (Å²) in [6.45, 7) is 2.50. The van der Waals surface area contributed by atoms with Crippen molar-refractivity contribution in [3.8, 4) is 5.88 Å². The molecule has 1 saturated carbocycles. The molecule has 1 aliphatic carbocycles. The van der Waals surface area contributed by atoms with Crippen LogP contribution in [0, 0.1) is 0 Å². The van der Waals surface area contributed by atoms with Gasteiger partial charge in [-0.2, -0.15) is 4.98 Å². The second-order valence-corrected chi connectivity index (χ2v) is 4.67. The van der Waals surface area contributed by atoms with Gasteiger partial charge in [-0.05, 0) is 19.8 Å². The molecule has 0 aliphatic heterocycles. The number of nitrogen functional groups attached to an aromatic ring is 1. The van der Waals surface area contributed by atoms with Crippen LogP contribution in [0.3, 0.4) is 0 Å². The highest BCUT2D eigenvalue weighted by Crippen LogP contribution is 2.34. The third kappa shape index (κ3) is 2.66. The number of nitrogens with two attached hydrogens (primary N) is 1. The van der Waals surface area contributed by atoms with E-state index in [0.717, 1.165) is 5.82 Å². The molecule has 0 saturated heterocycles. The van der Waals surface area contributed by atoms with Crippen molar-refractivity contribution in [3.05, 3.63) is 5.82 Å². The molecule has 5 nitrogen and oxygen atoms in total. The zero-order chi connectivity index (χ0) is 13.0. The Kier molecular flexibility index (Phi) is 4.23. The topological polar surface area (TPSA) is 73.1 Å². The third-order valence-corrected chi connectivity index (χ3v) is 3.42. The van der Waals surface area contributed by atoms with E-state index in [1.54, 1.807) is 0 Å². The van der Waals surface area contributed by atoms with E-state index in [1.807, 2.05) is 14.0 Å². The summed E-state index contributed by atoms with van der Waals surface area (Å²) < 4.78 is 5.49. The van der Waals surface area contributed by atoms with E-state index >= 15 is 0 Å². The summed E-state index contributed by atoms with van der Waals surface area (Å²) in [5.74, 6) is 2.51. The predicted octanol–water partition coefficient (Wildman–Crippen LogP) is 2.55. The minimum absolute atomic E-state index is 0.450. The Morgan fingerprint density at radius 3 is 2.61 bits per heavy atom. The molecular weight excluding hydrogens is 228 g/mol. The maximum Gasteiger partial charge on any atom is 0.242 e. The fourth-order valence-electron chi connectivity index (χ4n) is 2.45. The molecule has 0 unspecified atom stereocenters. The summed E-state index contributed by atoms with van der Waals surface area (Å²) in [5.41, 5.74) is 6.46. The van der Waals surface area contributed by atoms with Crippen LogP contribution in [0.1, 0.15) is 50.8 Å². The minimum atomic E-state index is 0.450. The smallest absolute Gasteiger partial charge is 0.242 e. The Morgan fingerprint density at radius 2 is 2.00 bits per heavy atom. The van der Waals surface area contributed by atoms with Crippen LogP contribution in [-0.4, -0.2) is 23.6 Å². The van der Waals surface area contributed by atoms with E-state index in [2.05, 4.69) is 15.3 Å². The lowest BCUT2D eigenvalue weighted by molar-refractivity contribution is 0.324. The molecular formula is C13H22N4O. The first kappa shape index (κ1) is 12.9. The van der Waals surface area contributed by atoms with Crippen LogP contribution in [0.25, 0.3) is 0 Å². The number of aromatic nitrogens is 2. The molecule has 5 heteroatoms. The van der Waals surface area contributed by atoms with Gasteiger partial charge in [0.2, 0.25) is 5.88 Å². The van der Waals surface area contributed by atoms with Crippen LogP contribution < -0.4 is 15.8 Å². The number of ether oxygens (including phenoxy) is 1. The number of hydrogen-bond donors (Lipinski definition) is 2. The first-order valence-electron chi connectivity index (χ1n) is 6.74. The van der Waals surface area contributed by atoms with Gasteiger partial charge < -0.3 is 15.8 Å². The quantitative estimate of drug-likeness (QED) is 0.859. The van der Waals surface area contributed by atoms with Gasteiger partial charge in [0.15, 0.2) is 5.82 Å². The van der Waals surface area contributed by atoms with E-state index in [1.165, 1.54) is 32.1 Å². The van der Waals surface area contributed by atoms with Gasteiger partial charge in [0.1, 0.15) is 11.5 Å². The SMILES string of the molecule is CCOc1nc(C2CCCCC2)nc(NC)c1N. The standard InChI is InChI=1S/C13H22N4O/c1-3-18-13-10(14)12(15-2)16-11(17-13)9-7-5-4-6-8-9/h9H,3-8,14H2,1-2H3,(H,15,16,17). The molecule has 0 amide bonds. The van der Waals surface area contributed by atoms with Gasteiger partial charge in [-0.15, -0.1) is 0 Å². The Morgan fingerprint density at radius 1 is 1.28 bits per heavy atom. The lowest BCUT2D eigenvalue weighted by Gasteiger charge is -2.21.